The Balaban J connectivity index is 1.51. The molecule has 4 rings (SSSR count). The third-order valence-electron chi connectivity index (χ3n) is 4.97. The van der Waals surface area contributed by atoms with Gasteiger partial charge in [-0.2, -0.15) is 4.98 Å². The minimum absolute atomic E-state index is 0.0821. The van der Waals surface area contributed by atoms with Gasteiger partial charge in [0.05, 0.1) is 5.69 Å². The lowest BCUT2D eigenvalue weighted by molar-refractivity contribution is 0.0951. The maximum Gasteiger partial charge on any atom is 0.251 e. The molecule has 0 aliphatic rings. The molecule has 7 nitrogen and oxygen atoms in total. The van der Waals surface area contributed by atoms with E-state index in [1.165, 1.54) is 4.90 Å². The molecular weight excluding hydrogens is 420 g/mol. The van der Waals surface area contributed by atoms with Crippen molar-refractivity contribution < 1.29 is 4.79 Å². The van der Waals surface area contributed by atoms with Gasteiger partial charge in [-0.15, -0.1) is 16.9 Å². The van der Waals surface area contributed by atoms with E-state index >= 15 is 0 Å². The summed E-state index contributed by atoms with van der Waals surface area (Å²) >= 11 is 1.71. The summed E-state index contributed by atoms with van der Waals surface area (Å²) in [6, 6.07) is 21.6. The molecule has 0 radical (unpaired) electrons. The number of fused-ring (bicyclic) bond motifs is 1. The SMILES string of the molecule is CSc1cccc(-c2cccc3nc(Nc4ccc(C(=O)NCCN(C)C)cc4)nn23)c1. The van der Waals surface area contributed by atoms with E-state index in [4.69, 9.17) is 0 Å². The minimum atomic E-state index is -0.0821. The number of amides is 1. The van der Waals surface area contributed by atoms with Crippen LogP contribution in [0.2, 0.25) is 0 Å². The molecule has 0 fully saturated rings. The summed E-state index contributed by atoms with van der Waals surface area (Å²) in [5.74, 6) is 0.419. The summed E-state index contributed by atoms with van der Waals surface area (Å²) in [7, 11) is 3.95. The molecule has 0 aliphatic carbocycles. The van der Waals surface area contributed by atoms with Crippen LogP contribution in [0.4, 0.5) is 11.6 Å². The van der Waals surface area contributed by atoms with Crippen LogP contribution in [0, 0.1) is 0 Å². The van der Waals surface area contributed by atoms with Crippen LogP contribution in [0.25, 0.3) is 16.9 Å². The molecule has 0 unspecified atom stereocenters. The first-order chi connectivity index (χ1) is 15.5. The summed E-state index contributed by atoms with van der Waals surface area (Å²) in [5.41, 5.74) is 4.26. The van der Waals surface area contributed by atoms with E-state index in [1.807, 2.05) is 59.9 Å². The summed E-state index contributed by atoms with van der Waals surface area (Å²) in [5, 5.41) is 10.8. The normalized spacial score (nSPS) is 11.1. The van der Waals surface area contributed by atoms with Crippen LogP contribution in [0.15, 0.2) is 71.6 Å². The van der Waals surface area contributed by atoms with Crippen LogP contribution in [-0.4, -0.2) is 58.8 Å². The molecule has 0 bridgehead atoms. The quantitative estimate of drug-likeness (QED) is 0.396. The highest BCUT2D eigenvalue weighted by Crippen LogP contribution is 2.25. The molecule has 0 saturated heterocycles. The number of hydrogen-bond acceptors (Lipinski definition) is 6. The first-order valence-electron chi connectivity index (χ1n) is 10.3. The molecule has 2 aromatic carbocycles. The van der Waals surface area contributed by atoms with Gasteiger partial charge >= 0.3 is 0 Å². The number of thioether (sulfide) groups is 1. The lowest BCUT2D eigenvalue weighted by Gasteiger charge is -2.10. The van der Waals surface area contributed by atoms with Crippen molar-refractivity contribution in [3.05, 3.63) is 72.3 Å². The van der Waals surface area contributed by atoms with E-state index in [0.29, 0.717) is 18.1 Å². The number of nitrogens with one attached hydrogen (secondary N) is 2. The first-order valence-corrected chi connectivity index (χ1v) is 11.6. The Labute approximate surface area is 191 Å². The zero-order chi connectivity index (χ0) is 22.5. The predicted octanol–water partition coefficient (Wildman–Crippen LogP) is 4.15. The van der Waals surface area contributed by atoms with Crippen molar-refractivity contribution >= 4 is 35.0 Å². The molecule has 0 atom stereocenters. The van der Waals surface area contributed by atoms with E-state index in [0.717, 1.165) is 29.1 Å². The molecule has 0 aliphatic heterocycles. The van der Waals surface area contributed by atoms with Gasteiger partial charge in [0.15, 0.2) is 5.65 Å². The van der Waals surface area contributed by atoms with Gasteiger partial charge < -0.3 is 15.5 Å². The fourth-order valence-electron chi connectivity index (χ4n) is 3.29. The number of rotatable bonds is 8. The Morgan fingerprint density at radius 1 is 1.06 bits per heavy atom. The molecule has 164 valence electrons. The number of benzene rings is 2. The molecule has 0 spiro atoms. The van der Waals surface area contributed by atoms with Crippen molar-refractivity contribution in [3.8, 4) is 11.3 Å². The number of carbonyl (C=O) groups excluding carboxylic acids is 1. The fraction of sp³-hybridized carbons (Fsp3) is 0.208. The number of hydrogen-bond donors (Lipinski definition) is 2. The standard InChI is InChI=1S/C24H26N6OS/c1-29(2)15-14-25-23(31)17-10-12-19(13-11-17)26-24-27-22-9-5-8-21(30(22)28-24)18-6-4-7-20(16-18)32-3/h4-13,16H,14-15H2,1-3H3,(H,25,31)(H,26,28). The van der Waals surface area contributed by atoms with Crippen LogP contribution < -0.4 is 10.6 Å². The predicted molar refractivity (Wildman–Crippen MR) is 131 cm³/mol. The van der Waals surface area contributed by atoms with Crippen molar-refractivity contribution in [1.29, 1.82) is 0 Å². The molecule has 0 saturated carbocycles. The molecule has 32 heavy (non-hydrogen) atoms. The Morgan fingerprint density at radius 2 is 1.84 bits per heavy atom. The molecular formula is C24H26N6OS. The third kappa shape index (κ3) is 5.09. The number of likely N-dealkylation sites (N-methyl/N-ethyl adjacent to an activating group) is 1. The van der Waals surface area contributed by atoms with E-state index in [2.05, 4.69) is 45.2 Å². The minimum Gasteiger partial charge on any atom is -0.351 e. The van der Waals surface area contributed by atoms with E-state index in [9.17, 15) is 4.79 Å². The zero-order valence-electron chi connectivity index (χ0n) is 18.4. The highest BCUT2D eigenvalue weighted by atomic mass is 32.2. The molecule has 8 heteroatoms. The first kappa shape index (κ1) is 21.9. The number of anilines is 2. The highest BCUT2D eigenvalue weighted by Gasteiger charge is 2.10. The Bertz CT molecular complexity index is 1220. The summed E-state index contributed by atoms with van der Waals surface area (Å²) in [6.45, 7) is 1.41. The topological polar surface area (TPSA) is 74.6 Å². The van der Waals surface area contributed by atoms with Crippen molar-refractivity contribution in [2.45, 2.75) is 4.90 Å². The zero-order valence-corrected chi connectivity index (χ0v) is 19.2. The Morgan fingerprint density at radius 3 is 2.59 bits per heavy atom. The second kappa shape index (κ2) is 9.84. The molecule has 2 heterocycles. The number of aromatic nitrogens is 3. The molecule has 2 aromatic heterocycles. The largest absolute Gasteiger partial charge is 0.351 e. The van der Waals surface area contributed by atoms with E-state index in [-0.39, 0.29) is 5.91 Å². The molecule has 4 aromatic rings. The smallest absolute Gasteiger partial charge is 0.251 e. The van der Waals surface area contributed by atoms with Crippen LogP contribution in [0.5, 0.6) is 0 Å². The van der Waals surface area contributed by atoms with Crippen molar-refractivity contribution in [1.82, 2.24) is 24.8 Å². The second-order valence-electron chi connectivity index (χ2n) is 7.61. The van der Waals surface area contributed by atoms with Crippen molar-refractivity contribution in [2.75, 3.05) is 38.8 Å². The lowest BCUT2D eigenvalue weighted by Crippen LogP contribution is -2.31. The fourth-order valence-corrected chi connectivity index (χ4v) is 3.75. The van der Waals surface area contributed by atoms with E-state index in [1.54, 1.807) is 23.9 Å². The van der Waals surface area contributed by atoms with Crippen LogP contribution in [-0.2, 0) is 0 Å². The van der Waals surface area contributed by atoms with Crippen molar-refractivity contribution in [3.63, 3.8) is 0 Å². The summed E-state index contributed by atoms with van der Waals surface area (Å²) < 4.78 is 1.84. The van der Waals surface area contributed by atoms with Gasteiger partial charge in [-0.3, -0.25) is 4.79 Å². The summed E-state index contributed by atoms with van der Waals surface area (Å²) in [4.78, 5) is 20.1. The highest BCUT2D eigenvalue weighted by molar-refractivity contribution is 7.98. The third-order valence-corrected chi connectivity index (χ3v) is 5.70. The van der Waals surface area contributed by atoms with Gasteiger partial charge in [-0.25, -0.2) is 4.52 Å². The van der Waals surface area contributed by atoms with Gasteiger partial charge in [0, 0.05) is 34.8 Å². The van der Waals surface area contributed by atoms with Gasteiger partial charge in [-0.05, 0) is 68.9 Å². The van der Waals surface area contributed by atoms with Gasteiger partial charge in [0.2, 0.25) is 5.95 Å². The number of nitrogens with zero attached hydrogens (tertiary/aromatic N) is 4. The average molecular weight is 447 g/mol. The van der Waals surface area contributed by atoms with Gasteiger partial charge in [-0.1, -0.05) is 18.2 Å². The molecule has 1 amide bonds. The summed E-state index contributed by atoms with van der Waals surface area (Å²) in [6.07, 6.45) is 2.07. The average Bonchev–Trinajstić information content (AvgIpc) is 3.21. The monoisotopic (exact) mass is 446 g/mol. The maximum absolute atomic E-state index is 12.3. The second-order valence-corrected chi connectivity index (χ2v) is 8.49. The Hall–Kier alpha value is -3.36. The Kier molecular flexibility index (Phi) is 6.72. The van der Waals surface area contributed by atoms with Crippen molar-refractivity contribution in [2.24, 2.45) is 0 Å². The van der Waals surface area contributed by atoms with Gasteiger partial charge in [0.25, 0.3) is 5.91 Å². The van der Waals surface area contributed by atoms with E-state index < -0.39 is 0 Å². The van der Waals surface area contributed by atoms with Crippen LogP contribution in [0.1, 0.15) is 10.4 Å². The van der Waals surface area contributed by atoms with Crippen LogP contribution >= 0.6 is 11.8 Å². The molecule has 2 N–H and O–H groups in total. The number of pyridine rings is 1. The van der Waals surface area contributed by atoms with Crippen LogP contribution in [0.3, 0.4) is 0 Å². The lowest BCUT2D eigenvalue weighted by atomic mass is 10.1. The maximum atomic E-state index is 12.3. The van der Waals surface area contributed by atoms with Gasteiger partial charge in [0.1, 0.15) is 0 Å². The number of carbonyl (C=O) groups is 1.